The van der Waals surface area contributed by atoms with Crippen LogP contribution >= 0.6 is 0 Å². The van der Waals surface area contributed by atoms with Crippen LogP contribution < -0.4 is 0 Å². The lowest BCUT2D eigenvalue weighted by atomic mass is 10.2. The number of hydrogen-bond acceptors (Lipinski definition) is 3. The second-order valence-electron chi connectivity index (χ2n) is 3.06. The molecule has 0 saturated heterocycles. The Labute approximate surface area is 83.6 Å². The standard InChI is InChI=1S/C10H16O4/c1-3-4-5-8(2)14-10(13)7-6-9(11)12/h6-8H,3-5H2,1-2H3,(H,11,12). The summed E-state index contributed by atoms with van der Waals surface area (Å²) in [4.78, 5) is 21.0. The minimum atomic E-state index is -1.15. The fourth-order valence-corrected chi connectivity index (χ4v) is 0.927. The Morgan fingerprint density at radius 2 is 2.07 bits per heavy atom. The maximum atomic E-state index is 10.9. The third-order valence-corrected chi connectivity index (χ3v) is 1.64. The summed E-state index contributed by atoms with van der Waals surface area (Å²) in [7, 11) is 0. The van der Waals surface area contributed by atoms with Crippen molar-refractivity contribution in [2.45, 2.75) is 39.2 Å². The van der Waals surface area contributed by atoms with Crippen molar-refractivity contribution in [3.63, 3.8) is 0 Å². The third kappa shape index (κ3) is 7.34. The maximum absolute atomic E-state index is 10.9. The van der Waals surface area contributed by atoms with Gasteiger partial charge in [-0.3, -0.25) is 0 Å². The van der Waals surface area contributed by atoms with Crippen LogP contribution in [-0.2, 0) is 14.3 Å². The van der Waals surface area contributed by atoms with E-state index in [1.807, 2.05) is 0 Å². The van der Waals surface area contributed by atoms with E-state index in [0.29, 0.717) is 0 Å². The molecule has 4 heteroatoms. The average Bonchev–Trinajstić information content (AvgIpc) is 2.11. The number of carbonyl (C=O) groups is 2. The van der Waals surface area contributed by atoms with Crippen LogP contribution in [0.5, 0.6) is 0 Å². The van der Waals surface area contributed by atoms with Crippen molar-refractivity contribution in [3.8, 4) is 0 Å². The smallest absolute Gasteiger partial charge is 0.331 e. The largest absolute Gasteiger partial charge is 0.478 e. The molecular weight excluding hydrogens is 184 g/mol. The second kappa shape index (κ2) is 7.12. The SMILES string of the molecule is CCCCC(C)OC(=O)C=CC(=O)O. The molecule has 0 radical (unpaired) electrons. The van der Waals surface area contributed by atoms with Crippen molar-refractivity contribution in [2.24, 2.45) is 0 Å². The molecule has 4 nitrogen and oxygen atoms in total. The molecule has 0 bridgehead atoms. The first-order chi connectivity index (χ1) is 6.56. The Morgan fingerprint density at radius 3 is 2.57 bits per heavy atom. The minimum absolute atomic E-state index is 0.152. The van der Waals surface area contributed by atoms with Crippen LogP contribution in [0.2, 0.25) is 0 Å². The van der Waals surface area contributed by atoms with Crippen molar-refractivity contribution in [1.29, 1.82) is 0 Å². The van der Waals surface area contributed by atoms with Gasteiger partial charge in [0.1, 0.15) is 0 Å². The first kappa shape index (κ1) is 12.7. The Morgan fingerprint density at radius 1 is 1.43 bits per heavy atom. The zero-order valence-electron chi connectivity index (χ0n) is 8.53. The monoisotopic (exact) mass is 200 g/mol. The van der Waals surface area contributed by atoms with Gasteiger partial charge in [-0.1, -0.05) is 19.8 Å². The molecule has 0 rings (SSSR count). The zero-order chi connectivity index (χ0) is 11.0. The van der Waals surface area contributed by atoms with Crippen LogP contribution in [0.25, 0.3) is 0 Å². The quantitative estimate of drug-likeness (QED) is 0.524. The Kier molecular flexibility index (Phi) is 6.45. The van der Waals surface area contributed by atoms with E-state index in [4.69, 9.17) is 9.84 Å². The fourth-order valence-electron chi connectivity index (χ4n) is 0.927. The Bertz CT molecular complexity index is 220. The predicted octanol–water partition coefficient (Wildman–Crippen LogP) is 1.75. The summed E-state index contributed by atoms with van der Waals surface area (Å²) in [6.45, 7) is 3.85. The molecule has 1 atom stereocenters. The topological polar surface area (TPSA) is 63.6 Å². The van der Waals surface area contributed by atoms with Crippen molar-refractivity contribution < 1.29 is 19.4 Å². The summed E-state index contributed by atoms with van der Waals surface area (Å²) in [5.74, 6) is -1.75. The van der Waals surface area contributed by atoms with Crippen molar-refractivity contribution in [1.82, 2.24) is 0 Å². The minimum Gasteiger partial charge on any atom is -0.478 e. The number of hydrogen-bond donors (Lipinski definition) is 1. The molecule has 0 aromatic heterocycles. The highest BCUT2D eigenvalue weighted by Crippen LogP contribution is 2.04. The highest BCUT2D eigenvalue weighted by atomic mass is 16.5. The van der Waals surface area contributed by atoms with Crippen LogP contribution in [0.1, 0.15) is 33.1 Å². The third-order valence-electron chi connectivity index (χ3n) is 1.64. The lowest BCUT2D eigenvalue weighted by Gasteiger charge is -2.10. The highest BCUT2D eigenvalue weighted by Gasteiger charge is 2.05. The molecule has 0 aliphatic carbocycles. The number of ether oxygens (including phenoxy) is 1. The lowest BCUT2D eigenvalue weighted by Crippen LogP contribution is -2.13. The Hall–Kier alpha value is -1.32. The van der Waals surface area contributed by atoms with E-state index in [1.54, 1.807) is 6.92 Å². The summed E-state index contributed by atoms with van der Waals surface area (Å²) < 4.78 is 4.91. The van der Waals surface area contributed by atoms with Crippen LogP contribution in [0.15, 0.2) is 12.2 Å². The normalized spacial score (nSPS) is 12.7. The second-order valence-corrected chi connectivity index (χ2v) is 3.06. The summed E-state index contributed by atoms with van der Waals surface area (Å²) >= 11 is 0. The molecule has 0 aromatic carbocycles. The highest BCUT2D eigenvalue weighted by molar-refractivity contribution is 5.90. The summed E-state index contributed by atoms with van der Waals surface area (Å²) in [6.07, 6.45) is 4.40. The fraction of sp³-hybridized carbons (Fsp3) is 0.600. The molecule has 0 fully saturated rings. The van der Waals surface area contributed by atoms with Gasteiger partial charge in [-0.2, -0.15) is 0 Å². The first-order valence-electron chi connectivity index (χ1n) is 4.68. The summed E-state index contributed by atoms with van der Waals surface area (Å²) in [5, 5.41) is 8.24. The van der Waals surface area contributed by atoms with E-state index in [9.17, 15) is 9.59 Å². The van der Waals surface area contributed by atoms with Crippen molar-refractivity contribution in [3.05, 3.63) is 12.2 Å². The van der Waals surface area contributed by atoms with E-state index in [0.717, 1.165) is 31.4 Å². The number of unbranched alkanes of at least 4 members (excludes halogenated alkanes) is 1. The van der Waals surface area contributed by atoms with Gasteiger partial charge in [-0.25, -0.2) is 9.59 Å². The molecule has 0 saturated carbocycles. The average molecular weight is 200 g/mol. The molecule has 14 heavy (non-hydrogen) atoms. The number of carbonyl (C=O) groups excluding carboxylic acids is 1. The lowest BCUT2D eigenvalue weighted by molar-refractivity contribution is -0.143. The molecule has 0 aliphatic heterocycles. The molecule has 1 unspecified atom stereocenters. The zero-order valence-corrected chi connectivity index (χ0v) is 8.53. The number of carboxylic acids is 1. The van der Waals surface area contributed by atoms with Crippen LogP contribution in [-0.4, -0.2) is 23.1 Å². The molecule has 0 aromatic rings. The van der Waals surface area contributed by atoms with Crippen LogP contribution in [0.4, 0.5) is 0 Å². The van der Waals surface area contributed by atoms with Gasteiger partial charge in [0.2, 0.25) is 0 Å². The first-order valence-corrected chi connectivity index (χ1v) is 4.68. The van der Waals surface area contributed by atoms with Gasteiger partial charge in [0.15, 0.2) is 0 Å². The van der Waals surface area contributed by atoms with E-state index in [1.165, 1.54) is 0 Å². The number of aliphatic carboxylic acids is 1. The van der Waals surface area contributed by atoms with Gasteiger partial charge in [0.05, 0.1) is 6.10 Å². The van der Waals surface area contributed by atoms with Gasteiger partial charge in [-0.15, -0.1) is 0 Å². The van der Waals surface area contributed by atoms with Gasteiger partial charge in [0.25, 0.3) is 0 Å². The maximum Gasteiger partial charge on any atom is 0.331 e. The van der Waals surface area contributed by atoms with E-state index in [2.05, 4.69) is 6.92 Å². The van der Waals surface area contributed by atoms with Gasteiger partial charge < -0.3 is 9.84 Å². The molecule has 80 valence electrons. The number of rotatable bonds is 6. The number of carboxylic acid groups (broad SMARTS) is 1. The van der Waals surface area contributed by atoms with Crippen LogP contribution in [0.3, 0.4) is 0 Å². The van der Waals surface area contributed by atoms with Gasteiger partial charge in [-0.05, 0) is 13.3 Å². The van der Waals surface area contributed by atoms with Crippen molar-refractivity contribution in [2.75, 3.05) is 0 Å². The van der Waals surface area contributed by atoms with Crippen molar-refractivity contribution >= 4 is 11.9 Å². The molecule has 0 amide bonds. The molecule has 0 aliphatic rings. The molecule has 0 heterocycles. The molecule has 1 N–H and O–H groups in total. The predicted molar refractivity (Wildman–Crippen MR) is 51.9 cm³/mol. The molecule has 0 spiro atoms. The van der Waals surface area contributed by atoms with E-state index in [-0.39, 0.29) is 6.10 Å². The van der Waals surface area contributed by atoms with Gasteiger partial charge >= 0.3 is 11.9 Å². The summed E-state index contributed by atoms with van der Waals surface area (Å²) in [6, 6.07) is 0. The van der Waals surface area contributed by atoms with Gasteiger partial charge in [0, 0.05) is 12.2 Å². The summed E-state index contributed by atoms with van der Waals surface area (Å²) in [5.41, 5.74) is 0. The van der Waals surface area contributed by atoms with Crippen LogP contribution in [0, 0.1) is 0 Å². The number of esters is 1. The Balaban J connectivity index is 3.76. The van der Waals surface area contributed by atoms with E-state index >= 15 is 0 Å². The van der Waals surface area contributed by atoms with E-state index < -0.39 is 11.9 Å². The molecular formula is C10H16O4.